The molecule has 2 fully saturated rings. The molecule has 1 saturated carbocycles. The first kappa shape index (κ1) is 27.3. The lowest BCUT2D eigenvalue weighted by Gasteiger charge is -2.29. The van der Waals surface area contributed by atoms with Crippen LogP contribution in [0.1, 0.15) is 61.1 Å². The predicted octanol–water partition coefficient (Wildman–Crippen LogP) is 4.88. The van der Waals surface area contributed by atoms with Crippen molar-refractivity contribution in [3.05, 3.63) is 54.0 Å². The fourth-order valence-electron chi connectivity index (χ4n) is 5.84. The van der Waals surface area contributed by atoms with Gasteiger partial charge in [-0.05, 0) is 55.4 Å². The summed E-state index contributed by atoms with van der Waals surface area (Å²) in [5, 5.41) is 4.26. The number of hydrogen-bond donors (Lipinski definition) is 1. The van der Waals surface area contributed by atoms with Gasteiger partial charge >= 0.3 is 0 Å². The van der Waals surface area contributed by atoms with Crippen LogP contribution < -0.4 is 15.1 Å². The van der Waals surface area contributed by atoms with Crippen molar-refractivity contribution in [2.75, 3.05) is 56.7 Å². The van der Waals surface area contributed by atoms with Gasteiger partial charge in [-0.1, -0.05) is 37.8 Å². The van der Waals surface area contributed by atoms with Gasteiger partial charge in [-0.25, -0.2) is 15.0 Å². The minimum Gasteiger partial charge on any atom is -0.378 e. The third-order valence-electron chi connectivity index (χ3n) is 8.18. The molecule has 0 spiro atoms. The number of nitrogens with one attached hydrogen (secondary N) is 1. The molecule has 3 aromatic rings. The Labute approximate surface area is 232 Å². The number of nitrogens with zero attached hydrogens (tertiary/aromatic N) is 5. The van der Waals surface area contributed by atoms with Gasteiger partial charge < -0.3 is 19.9 Å². The number of pyridine rings is 1. The van der Waals surface area contributed by atoms with E-state index in [1.54, 1.807) is 6.20 Å². The number of benzene rings is 1. The molecule has 0 radical (unpaired) electrons. The summed E-state index contributed by atoms with van der Waals surface area (Å²) in [4.78, 5) is 31.1. The number of unbranched alkanes of at least 4 members (excludes halogenated alkanes) is 1. The molecule has 1 aliphatic heterocycles. The Morgan fingerprint density at radius 3 is 2.51 bits per heavy atom. The van der Waals surface area contributed by atoms with E-state index in [-0.39, 0.29) is 5.91 Å². The van der Waals surface area contributed by atoms with Crippen molar-refractivity contribution in [3.63, 3.8) is 0 Å². The van der Waals surface area contributed by atoms with E-state index >= 15 is 0 Å². The van der Waals surface area contributed by atoms with E-state index < -0.39 is 0 Å². The summed E-state index contributed by atoms with van der Waals surface area (Å²) in [6.45, 7) is 3.90. The zero-order chi connectivity index (χ0) is 27.0. The quantitative estimate of drug-likeness (QED) is 0.374. The SMILES string of the molecule is CN(C)c1nc(CCCCC2CCC(CNC(=O)c3ccc(N4CCOCC4)nc3)CC2)nc2ccccc12. The van der Waals surface area contributed by atoms with Crippen LogP contribution in [0.25, 0.3) is 10.9 Å². The largest absolute Gasteiger partial charge is 0.378 e. The van der Waals surface area contributed by atoms with Gasteiger partial charge in [0.15, 0.2) is 0 Å². The first-order chi connectivity index (χ1) is 19.1. The second kappa shape index (κ2) is 13.2. The van der Waals surface area contributed by atoms with E-state index in [0.29, 0.717) is 11.5 Å². The molecule has 1 aliphatic carbocycles. The molecule has 2 aliphatic rings. The highest BCUT2D eigenvalue weighted by molar-refractivity contribution is 5.94. The number of morpholine rings is 1. The fourth-order valence-corrected chi connectivity index (χ4v) is 5.84. The van der Waals surface area contributed by atoms with Gasteiger partial charge in [0.25, 0.3) is 5.91 Å². The smallest absolute Gasteiger partial charge is 0.252 e. The third kappa shape index (κ3) is 7.24. The van der Waals surface area contributed by atoms with Crippen molar-refractivity contribution in [1.29, 1.82) is 0 Å². The minimum atomic E-state index is -0.0218. The van der Waals surface area contributed by atoms with Gasteiger partial charge in [-0.3, -0.25) is 4.79 Å². The molecule has 208 valence electrons. The van der Waals surface area contributed by atoms with Gasteiger partial charge in [0, 0.05) is 51.7 Å². The maximum Gasteiger partial charge on any atom is 0.252 e. The summed E-state index contributed by atoms with van der Waals surface area (Å²) in [5.41, 5.74) is 1.66. The topological polar surface area (TPSA) is 83.5 Å². The van der Waals surface area contributed by atoms with Gasteiger partial charge in [-0.2, -0.15) is 0 Å². The number of carbonyl (C=O) groups is 1. The molecule has 2 aromatic heterocycles. The van der Waals surface area contributed by atoms with Crippen LogP contribution in [0, 0.1) is 11.8 Å². The number of ether oxygens (including phenoxy) is 1. The zero-order valence-electron chi connectivity index (χ0n) is 23.4. The van der Waals surface area contributed by atoms with Crippen LogP contribution in [0.5, 0.6) is 0 Å². The Kier molecular flexibility index (Phi) is 9.24. The Bertz CT molecular complexity index is 1220. The summed E-state index contributed by atoms with van der Waals surface area (Å²) in [6, 6.07) is 12.1. The number of fused-ring (bicyclic) bond motifs is 1. The van der Waals surface area contributed by atoms with Crippen molar-refractivity contribution in [3.8, 4) is 0 Å². The average Bonchev–Trinajstić information content (AvgIpc) is 2.98. The highest BCUT2D eigenvalue weighted by atomic mass is 16.5. The third-order valence-corrected chi connectivity index (χ3v) is 8.18. The van der Waals surface area contributed by atoms with Crippen molar-refractivity contribution < 1.29 is 9.53 Å². The highest BCUT2D eigenvalue weighted by Gasteiger charge is 2.22. The van der Waals surface area contributed by atoms with Crippen molar-refractivity contribution in [2.45, 2.75) is 51.4 Å². The second-order valence-electron chi connectivity index (χ2n) is 11.2. The normalized spacial score (nSPS) is 19.7. The van der Waals surface area contributed by atoms with E-state index in [1.165, 1.54) is 38.5 Å². The zero-order valence-corrected chi connectivity index (χ0v) is 23.4. The van der Waals surface area contributed by atoms with Gasteiger partial charge in [0.2, 0.25) is 0 Å². The van der Waals surface area contributed by atoms with E-state index in [2.05, 4.69) is 32.2 Å². The Morgan fingerprint density at radius 1 is 1.00 bits per heavy atom. The molecule has 0 atom stereocenters. The minimum absolute atomic E-state index is 0.0218. The van der Waals surface area contributed by atoms with E-state index in [4.69, 9.17) is 14.7 Å². The number of para-hydroxylation sites is 1. The summed E-state index contributed by atoms with van der Waals surface area (Å²) < 4.78 is 5.40. The van der Waals surface area contributed by atoms with Crippen LogP contribution in [0.4, 0.5) is 11.6 Å². The summed E-state index contributed by atoms with van der Waals surface area (Å²) in [5.74, 6) is 4.21. The first-order valence-corrected chi connectivity index (χ1v) is 14.6. The number of aromatic nitrogens is 3. The standard InChI is InChI=1S/C31H42N6O2/c1-36(2)30-26-8-4-5-9-27(26)34-28(35-30)10-6-3-7-23-11-13-24(14-12-23)21-33-31(38)25-15-16-29(32-22-25)37-17-19-39-20-18-37/h4-5,8-9,15-16,22-24H,3,6-7,10-14,17-21H2,1-2H3,(H,33,38). The van der Waals surface area contributed by atoms with Crippen molar-refractivity contribution in [2.24, 2.45) is 11.8 Å². The van der Waals surface area contributed by atoms with Crippen LogP contribution in [0.2, 0.25) is 0 Å². The molecule has 39 heavy (non-hydrogen) atoms. The van der Waals surface area contributed by atoms with Crippen LogP contribution in [-0.2, 0) is 11.2 Å². The monoisotopic (exact) mass is 530 g/mol. The molecule has 0 bridgehead atoms. The summed E-state index contributed by atoms with van der Waals surface area (Å²) >= 11 is 0. The lowest BCUT2D eigenvalue weighted by Crippen LogP contribution is -2.36. The summed E-state index contributed by atoms with van der Waals surface area (Å²) in [7, 11) is 4.09. The van der Waals surface area contributed by atoms with Crippen molar-refractivity contribution in [1.82, 2.24) is 20.3 Å². The second-order valence-corrected chi connectivity index (χ2v) is 11.2. The van der Waals surface area contributed by atoms with E-state index in [1.807, 2.05) is 38.4 Å². The lowest BCUT2D eigenvalue weighted by atomic mass is 9.79. The van der Waals surface area contributed by atoms with Crippen LogP contribution >= 0.6 is 0 Å². The Morgan fingerprint density at radius 2 is 1.77 bits per heavy atom. The van der Waals surface area contributed by atoms with Gasteiger partial charge in [0.05, 0.1) is 24.3 Å². The van der Waals surface area contributed by atoms with Gasteiger partial charge in [0.1, 0.15) is 17.5 Å². The Balaban J connectivity index is 0.998. The fraction of sp³-hybridized carbons (Fsp3) is 0.548. The number of hydrogen-bond acceptors (Lipinski definition) is 7. The molecule has 1 N–H and O–H groups in total. The van der Waals surface area contributed by atoms with E-state index in [0.717, 1.165) is 80.0 Å². The average molecular weight is 531 g/mol. The number of anilines is 2. The van der Waals surface area contributed by atoms with E-state index in [9.17, 15) is 4.79 Å². The first-order valence-electron chi connectivity index (χ1n) is 14.6. The molecule has 3 heterocycles. The number of aryl methyl sites for hydroxylation is 1. The number of amides is 1. The maximum absolute atomic E-state index is 12.7. The molecular formula is C31H42N6O2. The molecule has 1 aromatic carbocycles. The van der Waals surface area contributed by atoms with Crippen LogP contribution in [0.3, 0.4) is 0 Å². The van der Waals surface area contributed by atoms with Crippen LogP contribution in [-0.4, -0.2) is 67.8 Å². The predicted molar refractivity (Wildman–Crippen MR) is 156 cm³/mol. The number of rotatable bonds is 10. The summed E-state index contributed by atoms with van der Waals surface area (Å²) in [6.07, 6.45) is 11.1. The number of carbonyl (C=O) groups excluding carboxylic acids is 1. The molecule has 1 saturated heterocycles. The van der Waals surface area contributed by atoms with Gasteiger partial charge in [-0.15, -0.1) is 0 Å². The maximum atomic E-state index is 12.7. The van der Waals surface area contributed by atoms with Crippen molar-refractivity contribution >= 4 is 28.4 Å². The molecular weight excluding hydrogens is 488 g/mol. The lowest BCUT2D eigenvalue weighted by molar-refractivity contribution is 0.0940. The van der Waals surface area contributed by atoms with Crippen LogP contribution in [0.15, 0.2) is 42.6 Å². The molecule has 1 amide bonds. The highest BCUT2D eigenvalue weighted by Crippen LogP contribution is 2.32. The molecule has 0 unspecified atom stereocenters. The Hall–Kier alpha value is -3.26. The molecule has 8 heteroatoms. The molecule has 5 rings (SSSR count). The molecule has 8 nitrogen and oxygen atoms in total.